The summed E-state index contributed by atoms with van der Waals surface area (Å²) in [4.78, 5) is 18.6. The number of rotatable bonds is 4. The maximum atomic E-state index is 13.3. The first kappa shape index (κ1) is 17.4. The zero-order valence-electron chi connectivity index (χ0n) is 15.6. The van der Waals surface area contributed by atoms with Crippen molar-refractivity contribution in [1.82, 2.24) is 19.7 Å². The zero-order valence-corrected chi connectivity index (χ0v) is 15.6. The number of pyridine rings is 1. The van der Waals surface area contributed by atoms with E-state index in [9.17, 15) is 9.18 Å². The van der Waals surface area contributed by atoms with Crippen molar-refractivity contribution in [2.45, 2.75) is 19.9 Å². The van der Waals surface area contributed by atoms with Gasteiger partial charge in [-0.05, 0) is 49.4 Å². The summed E-state index contributed by atoms with van der Waals surface area (Å²) in [5.41, 5.74) is 2.85. The number of amides is 1. The highest BCUT2D eigenvalue weighted by molar-refractivity contribution is 5.83. The minimum atomic E-state index is -0.444. The van der Waals surface area contributed by atoms with Gasteiger partial charge in [-0.2, -0.15) is 10.1 Å². The van der Waals surface area contributed by atoms with Crippen LogP contribution in [0.4, 0.5) is 9.18 Å². The number of nitrogens with zero attached hydrogens (tertiary/aromatic N) is 4. The van der Waals surface area contributed by atoms with Crippen molar-refractivity contribution in [3.63, 3.8) is 0 Å². The van der Waals surface area contributed by atoms with Crippen LogP contribution in [0, 0.1) is 12.7 Å². The lowest BCUT2D eigenvalue weighted by Crippen LogP contribution is -2.38. The maximum absolute atomic E-state index is 13.3. The molecule has 7 nitrogen and oxygen atoms in total. The summed E-state index contributed by atoms with van der Waals surface area (Å²) in [5, 5.41) is 5.39. The molecule has 29 heavy (non-hydrogen) atoms. The van der Waals surface area contributed by atoms with Crippen molar-refractivity contribution in [2.75, 3.05) is 6.54 Å². The third-order valence-corrected chi connectivity index (χ3v) is 4.96. The van der Waals surface area contributed by atoms with Crippen molar-refractivity contribution < 1.29 is 18.3 Å². The lowest BCUT2D eigenvalue weighted by atomic mass is 10.1. The number of hydrogen-bond donors (Lipinski definition) is 0. The Morgan fingerprint density at radius 2 is 2.03 bits per heavy atom. The molecule has 0 fully saturated rings. The third-order valence-electron chi connectivity index (χ3n) is 4.96. The van der Waals surface area contributed by atoms with E-state index in [1.807, 2.05) is 25.1 Å². The summed E-state index contributed by atoms with van der Waals surface area (Å²) >= 11 is 0. The number of halogens is 1. The second kappa shape index (κ2) is 6.73. The molecule has 4 heterocycles. The smallest absolute Gasteiger partial charge is 0.416 e. The van der Waals surface area contributed by atoms with Crippen LogP contribution in [0.25, 0.3) is 16.7 Å². The van der Waals surface area contributed by atoms with E-state index in [1.165, 1.54) is 12.1 Å². The molecule has 3 aromatic heterocycles. The molecule has 0 bridgehead atoms. The summed E-state index contributed by atoms with van der Waals surface area (Å²) in [6, 6.07) is 11.6. The normalized spacial score (nSPS) is 13.6. The molecule has 0 atom stereocenters. The molecular formula is C21H17FN4O3. The van der Waals surface area contributed by atoms with Crippen molar-refractivity contribution in [1.29, 1.82) is 0 Å². The van der Waals surface area contributed by atoms with Crippen LogP contribution >= 0.6 is 0 Å². The monoisotopic (exact) mass is 392 g/mol. The van der Waals surface area contributed by atoms with Gasteiger partial charge in [0.2, 0.25) is 5.88 Å². The Hall–Kier alpha value is -3.68. The Morgan fingerprint density at radius 3 is 2.79 bits per heavy atom. The van der Waals surface area contributed by atoms with Gasteiger partial charge in [-0.3, -0.25) is 0 Å². The lowest BCUT2D eigenvalue weighted by Gasteiger charge is -2.27. The molecule has 1 aliphatic heterocycles. The van der Waals surface area contributed by atoms with Gasteiger partial charge in [-0.1, -0.05) is 0 Å². The second-order valence-electron chi connectivity index (χ2n) is 6.92. The molecule has 0 spiro atoms. The molecular weight excluding hydrogens is 375 g/mol. The summed E-state index contributed by atoms with van der Waals surface area (Å²) in [5.74, 6) is 0.768. The fourth-order valence-electron chi connectivity index (χ4n) is 3.46. The first-order valence-electron chi connectivity index (χ1n) is 9.23. The Labute approximate surface area is 165 Å². The number of hydrogen-bond acceptors (Lipinski definition) is 5. The van der Waals surface area contributed by atoms with E-state index < -0.39 is 6.09 Å². The minimum Gasteiger partial charge on any atom is -0.469 e. The molecule has 8 heteroatoms. The van der Waals surface area contributed by atoms with Gasteiger partial charge in [0.25, 0.3) is 0 Å². The average Bonchev–Trinajstić information content (AvgIpc) is 3.34. The Bertz CT molecular complexity index is 1200. The molecule has 0 radical (unpaired) electrons. The highest BCUT2D eigenvalue weighted by Gasteiger charge is 2.28. The Balaban J connectivity index is 1.48. The molecule has 0 aliphatic carbocycles. The predicted molar refractivity (Wildman–Crippen MR) is 102 cm³/mol. The van der Waals surface area contributed by atoms with E-state index in [1.54, 1.807) is 28.0 Å². The van der Waals surface area contributed by atoms with Gasteiger partial charge in [-0.15, -0.1) is 0 Å². The predicted octanol–water partition coefficient (Wildman–Crippen LogP) is 4.02. The standard InChI is InChI=1S/C21H17FN4O3/c1-13-18-11-14-12-25(9-8-17-3-2-10-28-17)21(27)29-20(14)23-19(18)26(24-13)16-6-4-15(22)5-7-16/h2-7,10-11H,8-9,12H2,1H3. The maximum Gasteiger partial charge on any atom is 0.416 e. The van der Waals surface area contributed by atoms with Crippen LogP contribution in [0.15, 0.2) is 53.1 Å². The quantitative estimate of drug-likeness (QED) is 0.525. The number of fused-ring (bicyclic) bond motifs is 2. The number of carbonyl (C=O) groups excluding carboxylic acids is 1. The largest absolute Gasteiger partial charge is 0.469 e. The van der Waals surface area contributed by atoms with Gasteiger partial charge in [0.1, 0.15) is 11.6 Å². The molecule has 0 saturated carbocycles. The Kier molecular flexibility index (Phi) is 4.04. The van der Waals surface area contributed by atoms with Crippen molar-refractivity contribution >= 4 is 17.1 Å². The fraction of sp³-hybridized carbons (Fsp3) is 0.190. The zero-order chi connectivity index (χ0) is 20.0. The number of aryl methyl sites for hydroxylation is 1. The summed E-state index contributed by atoms with van der Waals surface area (Å²) < 4.78 is 25.7. The summed E-state index contributed by atoms with van der Waals surface area (Å²) in [7, 11) is 0. The van der Waals surface area contributed by atoms with Crippen LogP contribution in [0.3, 0.4) is 0 Å². The first-order chi connectivity index (χ1) is 14.1. The van der Waals surface area contributed by atoms with E-state index in [-0.39, 0.29) is 11.7 Å². The number of benzene rings is 1. The van der Waals surface area contributed by atoms with Gasteiger partial charge >= 0.3 is 6.09 Å². The highest BCUT2D eigenvalue weighted by atomic mass is 19.1. The molecule has 0 unspecified atom stereocenters. The third kappa shape index (κ3) is 3.12. The van der Waals surface area contributed by atoms with Gasteiger partial charge < -0.3 is 14.1 Å². The van der Waals surface area contributed by atoms with Crippen molar-refractivity contribution in [2.24, 2.45) is 0 Å². The number of ether oxygens (including phenoxy) is 1. The van der Waals surface area contributed by atoms with Crippen LogP contribution in [-0.2, 0) is 13.0 Å². The summed E-state index contributed by atoms with van der Waals surface area (Å²) in [6.45, 7) is 2.77. The van der Waals surface area contributed by atoms with Crippen LogP contribution in [0.5, 0.6) is 5.88 Å². The minimum absolute atomic E-state index is 0.278. The molecule has 1 aliphatic rings. The van der Waals surface area contributed by atoms with Crippen molar-refractivity contribution in [3.05, 3.63) is 71.6 Å². The SMILES string of the molecule is Cc1nn(-c2ccc(F)cc2)c2nc3c(cc12)CN(CCc1ccco1)C(=O)O3. The molecule has 0 saturated heterocycles. The van der Waals surface area contributed by atoms with Crippen LogP contribution in [0.1, 0.15) is 17.0 Å². The lowest BCUT2D eigenvalue weighted by molar-refractivity contribution is 0.136. The van der Waals surface area contributed by atoms with E-state index >= 15 is 0 Å². The van der Waals surface area contributed by atoms with Crippen LogP contribution in [0.2, 0.25) is 0 Å². The van der Waals surface area contributed by atoms with E-state index in [2.05, 4.69) is 10.1 Å². The van der Waals surface area contributed by atoms with Crippen molar-refractivity contribution in [3.8, 4) is 11.6 Å². The Morgan fingerprint density at radius 1 is 1.21 bits per heavy atom. The first-order valence-corrected chi connectivity index (χ1v) is 9.23. The number of carbonyl (C=O) groups is 1. The summed E-state index contributed by atoms with van der Waals surface area (Å²) in [6.07, 6.45) is 1.77. The molecule has 5 rings (SSSR count). The van der Waals surface area contributed by atoms with Crippen LogP contribution < -0.4 is 4.74 Å². The molecule has 0 N–H and O–H groups in total. The van der Waals surface area contributed by atoms with Gasteiger partial charge in [-0.25, -0.2) is 13.9 Å². The van der Waals surface area contributed by atoms with Crippen LogP contribution in [-0.4, -0.2) is 32.3 Å². The van der Waals surface area contributed by atoms with E-state index in [0.717, 1.165) is 22.4 Å². The topological polar surface area (TPSA) is 73.4 Å². The fourth-order valence-corrected chi connectivity index (χ4v) is 3.46. The highest BCUT2D eigenvalue weighted by Crippen LogP contribution is 2.30. The van der Waals surface area contributed by atoms with Gasteiger partial charge in [0.15, 0.2) is 5.65 Å². The average molecular weight is 392 g/mol. The molecule has 146 valence electrons. The number of aromatic nitrogens is 3. The molecule has 1 aromatic carbocycles. The second-order valence-corrected chi connectivity index (χ2v) is 6.92. The molecule has 1 amide bonds. The molecule has 4 aromatic rings. The van der Waals surface area contributed by atoms with E-state index in [0.29, 0.717) is 30.8 Å². The van der Waals surface area contributed by atoms with E-state index in [4.69, 9.17) is 9.15 Å². The van der Waals surface area contributed by atoms with Gasteiger partial charge in [0, 0.05) is 23.9 Å². The number of furan rings is 1. The van der Waals surface area contributed by atoms with Gasteiger partial charge in [0.05, 0.1) is 24.2 Å².